The number of likely N-dealkylation sites (N-methyl/N-ethyl adjacent to an activating group) is 1. The molecule has 1 fully saturated rings. The van der Waals surface area contributed by atoms with Gasteiger partial charge in [-0.25, -0.2) is 4.39 Å². The monoisotopic (exact) mass is 328 g/mol. The van der Waals surface area contributed by atoms with Gasteiger partial charge in [-0.3, -0.25) is 9.69 Å². The Morgan fingerprint density at radius 2 is 2.05 bits per heavy atom. The number of carbonyl (C=O) groups is 1. The second-order valence-electron chi connectivity index (χ2n) is 5.04. The van der Waals surface area contributed by atoms with Crippen LogP contribution in [0.25, 0.3) is 0 Å². The van der Waals surface area contributed by atoms with Gasteiger partial charge in [-0.1, -0.05) is 15.9 Å². The Bertz CT molecular complexity index is 441. The molecule has 1 amide bonds. The maximum atomic E-state index is 13.3. The molecule has 0 spiro atoms. The summed E-state index contributed by atoms with van der Waals surface area (Å²) in [4.78, 5) is 15.8. The first-order valence-corrected chi connectivity index (χ1v) is 7.25. The number of nitrogens with zero attached hydrogens (tertiary/aromatic N) is 2. The number of rotatable bonds is 4. The predicted molar refractivity (Wildman–Crippen MR) is 76.2 cm³/mol. The summed E-state index contributed by atoms with van der Waals surface area (Å²) in [6.45, 7) is 2.69. The van der Waals surface area contributed by atoms with Crippen LogP contribution in [0, 0.1) is 5.82 Å². The minimum atomic E-state index is -0.261. The van der Waals surface area contributed by atoms with Gasteiger partial charge in [0, 0.05) is 24.1 Å². The van der Waals surface area contributed by atoms with E-state index >= 15 is 0 Å². The van der Waals surface area contributed by atoms with E-state index in [2.05, 4.69) is 15.9 Å². The Kier molecular flexibility index (Phi) is 4.93. The van der Waals surface area contributed by atoms with Crippen molar-refractivity contribution in [2.75, 3.05) is 26.7 Å². The van der Waals surface area contributed by atoms with Gasteiger partial charge in [0.15, 0.2) is 0 Å². The molecule has 0 saturated carbocycles. The highest BCUT2D eigenvalue weighted by Crippen LogP contribution is 2.16. The van der Waals surface area contributed by atoms with Crippen molar-refractivity contribution < 1.29 is 9.18 Å². The van der Waals surface area contributed by atoms with Crippen LogP contribution >= 0.6 is 15.9 Å². The zero-order valence-corrected chi connectivity index (χ0v) is 12.6. The normalized spacial score (nSPS) is 15.3. The van der Waals surface area contributed by atoms with Gasteiger partial charge >= 0.3 is 0 Å². The number of benzene rings is 1. The van der Waals surface area contributed by atoms with Crippen LogP contribution in [-0.2, 0) is 11.3 Å². The molecule has 0 aliphatic carbocycles. The van der Waals surface area contributed by atoms with Crippen LogP contribution in [0.1, 0.15) is 18.4 Å². The Hall–Kier alpha value is -0.940. The van der Waals surface area contributed by atoms with E-state index in [9.17, 15) is 9.18 Å². The van der Waals surface area contributed by atoms with Crippen molar-refractivity contribution in [3.63, 3.8) is 0 Å². The molecule has 1 aliphatic heterocycles. The summed E-state index contributed by atoms with van der Waals surface area (Å²) >= 11 is 3.27. The highest BCUT2D eigenvalue weighted by Gasteiger charge is 2.19. The lowest BCUT2D eigenvalue weighted by molar-refractivity contribution is -0.131. The Morgan fingerprint density at radius 1 is 1.37 bits per heavy atom. The van der Waals surface area contributed by atoms with E-state index in [1.165, 1.54) is 12.1 Å². The second kappa shape index (κ2) is 6.48. The summed E-state index contributed by atoms with van der Waals surface area (Å²) in [6.07, 6.45) is 2.21. The summed E-state index contributed by atoms with van der Waals surface area (Å²) in [5.41, 5.74) is 0.864. The maximum absolute atomic E-state index is 13.3. The Labute approximate surface area is 121 Å². The lowest BCUT2D eigenvalue weighted by Gasteiger charge is -2.21. The maximum Gasteiger partial charge on any atom is 0.236 e. The van der Waals surface area contributed by atoms with Crippen molar-refractivity contribution in [1.29, 1.82) is 0 Å². The van der Waals surface area contributed by atoms with Gasteiger partial charge in [0.05, 0.1) is 6.54 Å². The third-order valence-corrected chi connectivity index (χ3v) is 3.70. The van der Waals surface area contributed by atoms with E-state index in [4.69, 9.17) is 0 Å². The highest BCUT2D eigenvalue weighted by molar-refractivity contribution is 9.10. The van der Waals surface area contributed by atoms with Crippen molar-refractivity contribution in [2.24, 2.45) is 0 Å². The topological polar surface area (TPSA) is 23.6 Å². The van der Waals surface area contributed by atoms with Gasteiger partial charge in [-0.15, -0.1) is 0 Å². The molecule has 5 heteroatoms. The van der Waals surface area contributed by atoms with Crippen molar-refractivity contribution in [1.82, 2.24) is 9.80 Å². The van der Waals surface area contributed by atoms with Crippen molar-refractivity contribution in [3.05, 3.63) is 34.1 Å². The van der Waals surface area contributed by atoms with Crippen LogP contribution < -0.4 is 0 Å². The molecule has 0 bridgehead atoms. The molecular formula is C14H18BrFN2O. The molecule has 1 aromatic rings. The molecule has 0 radical (unpaired) electrons. The first kappa shape index (κ1) is 14.5. The molecule has 3 nitrogen and oxygen atoms in total. The third-order valence-electron chi connectivity index (χ3n) is 3.24. The number of carbonyl (C=O) groups excluding carboxylic acids is 1. The van der Waals surface area contributed by atoms with Gasteiger partial charge in [0.25, 0.3) is 0 Å². The molecule has 0 atom stereocenters. The van der Waals surface area contributed by atoms with Crippen LogP contribution in [0.2, 0.25) is 0 Å². The van der Waals surface area contributed by atoms with E-state index in [0.29, 0.717) is 13.1 Å². The van der Waals surface area contributed by atoms with Gasteiger partial charge in [-0.2, -0.15) is 0 Å². The van der Waals surface area contributed by atoms with E-state index in [0.717, 1.165) is 36.0 Å². The van der Waals surface area contributed by atoms with E-state index in [-0.39, 0.29) is 11.7 Å². The van der Waals surface area contributed by atoms with Gasteiger partial charge in [0.1, 0.15) is 5.82 Å². The fourth-order valence-electron chi connectivity index (χ4n) is 2.37. The molecule has 1 saturated heterocycles. The van der Waals surface area contributed by atoms with Gasteiger partial charge in [0.2, 0.25) is 5.91 Å². The molecule has 104 valence electrons. The molecule has 2 rings (SSSR count). The fraction of sp³-hybridized carbons (Fsp3) is 0.500. The van der Waals surface area contributed by atoms with E-state index in [1.54, 1.807) is 0 Å². The molecule has 1 heterocycles. The van der Waals surface area contributed by atoms with Crippen LogP contribution in [0.15, 0.2) is 22.7 Å². The van der Waals surface area contributed by atoms with Crippen LogP contribution in [0.5, 0.6) is 0 Å². The third kappa shape index (κ3) is 4.28. The zero-order valence-electron chi connectivity index (χ0n) is 11.0. The summed E-state index contributed by atoms with van der Waals surface area (Å²) < 4.78 is 14.0. The smallest absolute Gasteiger partial charge is 0.236 e. The Morgan fingerprint density at radius 3 is 2.68 bits per heavy atom. The fourth-order valence-corrected chi connectivity index (χ4v) is 2.88. The van der Waals surface area contributed by atoms with Crippen molar-refractivity contribution in [3.8, 4) is 0 Å². The predicted octanol–water partition coefficient (Wildman–Crippen LogP) is 2.64. The van der Waals surface area contributed by atoms with Crippen molar-refractivity contribution >= 4 is 21.8 Å². The number of hydrogen-bond acceptors (Lipinski definition) is 2. The molecule has 0 N–H and O–H groups in total. The number of hydrogen-bond donors (Lipinski definition) is 0. The molecule has 0 aromatic heterocycles. The Balaban J connectivity index is 1.89. The molecule has 1 aromatic carbocycles. The highest BCUT2D eigenvalue weighted by atomic mass is 79.9. The number of likely N-dealkylation sites (tertiary alicyclic amines) is 1. The number of halogens is 2. The summed E-state index contributed by atoms with van der Waals surface area (Å²) in [5, 5.41) is 0. The van der Waals surface area contributed by atoms with Crippen LogP contribution in [-0.4, -0.2) is 42.4 Å². The van der Waals surface area contributed by atoms with Crippen LogP contribution in [0.3, 0.4) is 0 Å². The SMILES string of the molecule is CN(CC(=O)N1CCCC1)Cc1cc(F)cc(Br)c1. The van der Waals surface area contributed by atoms with Gasteiger partial charge in [-0.05, 0) is 43.7 Å². The summed E-state index contributed by atoms with van der Waals surface area (Å²) in [7, 11) is 1.88. The average molecular weight is 329 g/mol. The first-order valence-electron chi connectivity index (χ1n) is 6.46. The van der Waals surface area contributed by atoms with E-state index < -0.39 is 0 Å². The molecule has 1 aliphatic rings. The number of amides is 1. The summed E-state index contributed by atoms with van der Waals surface area (Å²) in [6, 6.07) is 4.81. The lowest BCUT2D eigenvalue weighted by atomic mass is 10.2. The van der Waals surface area contributed by atoms with E-state index in [1.807, 2.05) is 22.9 Å². The second-order valence-corrected chi connectivity index (χ2v) is 5.95. The zero-order chi connectivity index (χ0) is 13.8. The minimum Gasteiger partial charge on any atom is -0.342 e. The largest absolute Gasteiger partial charge is 0.342 e. The summed E-state index contributed by atoms with van der Waals surface area (Å²) in [5.74, 6) is -0.0980. The van der Waals surface area contributed by atoms with Crippen LogP contribution in [0.4, 0.5) is 4.39 Å². The lowest BCUT2D eigenvalue weighted by Crippen LogP contribution is -2.36. The molecule has 19 heavy (non-hydrogen) atoms. The van der Waals surface area contributed by atoms with Crippen molar-refractivity contribution in [2.45, 2.75) is 19.4 Å². The minimum absolute atomic E-state index is 0.162. The quantitative estimate of drug-likeness (QED) is 0.848. The van der Waals surface area contributed by atoms with Gasteiger partial charge < -0.3 is 4.90 Å². The average Bonchev–Trinajstić information content (AvgIpc) is 2.80. The molecular weight excluding hydrogens is 311 g/mol. The molecule has 0 unspecified atom stereocenters. The first-order chi connectivity index (χ1) is 9.04. The standard InChI is InChI=1S/C14H18BrFN2O/c1-17(10-14(19)18-4-2-3-5-18)9-11-6-12(15)8-13(16)7-11/h6-8H,2-5,9-10H2,1H3.